The fourth-order valence-corrected chi connectivity index (χ4v) is 4.45. The minimum atomic E-state index is -0.524. The van der Waals surface area contributed by atoms with Gasteiger partial charge in [0.15, 0.2) is 11.5 Å². The van der Waals surface area contributed by atoms with Crippen molar-refractivity contribution >= 4 is 5.97 Å². The summed E-state index contributed by atoms with van der Waals surface area (Å²) < 4.78 is 29.0. The lowest BCUT2D eigenvalue weighted by atomic mass is 9.83. The van der Waals surface area contributed by atoms with E-state index in [0.717, 1.165) is 12.0 Å². The number of nitriles is 1. The molecular weight excluding hydrogens is 520 g/mol. The van der Waals surface area contributed by atoms with Crippen LogP contribution in [0.3, 0.4) is 0 Å². The summed E-state index contributed by atoms with van der Waals surface area (Å²) in [6, 6.07) is 19.6. The molecule has 0 aliphatic carbocycles. The van der Waals surface area contributed by atoms with E-state index in [-0.39, 0.29) is 23.3 Å². The highest BCUT2D eigenvalue weighted by molar-refractivity contribution is 5.91. The number of carbonyl (C=O) groups is 1. The van der Waals surface area contributed by atoms with Crippen LogP contribution < -0.4 is 29.4 Å². The van der Waals surface area contributed by atoms with Crippen LogP contribution in [0.5, 0.6) is 28.7 Å². The Balaban J connectivity index is 1.61. The number of nitrogens with zero attached hydrogens (tertiary/aromatic N) is 1. The molecule has 1 atom stereocenters. The Bertz CT molecular complexity index is 1450. The number of carbonyl (C=O) groups excluding carboxylic acids is 1. The number of hydrogen-bond donors (Lipinski definition) is 1. The fraction of sp³-hybridized carbons (Fsp3) is 0.333. The van der Waals surface area contributed by atoms with E-state index in [0.29, 0.717) is 53.3 Å². The first-order valence-corrected chi connectivity index (χ1v) is 13.8. The number of fused-ring (bicyclic) bond motifs is 1. The molecule has 4 rings (SSSR count). The highest BCUT2D eigenvalue weighted by Crippen LogP contribution is 2.45. The molecule has 1 unspecified atom stereocenters. The molecule has 8 nitrogen and oxygen atoms in total. The van der Waals surface area contributed by atoms with Crippen molar-refractivity contribution in [2.24, 2.45) is 11.7 Å². The molecule has 3 aromatic rings. The first-order chi connectivity index (χ1) is 19.7. The van der Waals surface area contributed by atoms with Gasteiger partial charge in [0.1, 0.15) is 28.9 Å². The van der Waals surface area contributed by atoms with Gasteiger partial charge in [0.2, 0.25) is 5.88 Å². The highest BCUT2D eigenvalue weighted by atomic mass is 16.5. The molecule has 0 radical (unpaired) electrons. The van der Waals surface area contributed by atoms with Gasteiger partial charge in [-0.05, 0) is 81.1 Å². The first kappa shape index (κ1) is 29.3. The van der Waals surface area contributed by atoms with Crippen LogP contribution in [0.1, 0.15) is 68.4 Å². The Labute approximate surface area is 241 Å². The van der Waals surface area contributed by atoms with Crippen molar-refractivity contribution in [2.45, 2.75) is 53.1 Å². The molecule has 0 bridgehead atoms. The number of hydrogen-bond acceptors (Lipinski definition) is 8. The van der Waals surface area contributed by atoms with Gasteiger partial charge in [-0.1, -0.05) is 26.0 Å². The van der Waals surface area contributed by atoms with Crippen LogP contribution in [0.2, 0.25) is 0 Å². The van der Waals surface area contributed by atoms with Gasteiger partial charge >= 0.3 is 5.97 Å². The van der Waals surface area contributed by atoms with E-state index in [2.05, 4.69) is 19.9 Å². The average Bonchev–Trinajstić information content (AvgIpc) is 2.93. The highest BCUT2D eigenvalue weighted by Gasteiger charge is 2.32. The molecule has 0 spiro atoms. The van der Waals surface area contributed by atoms with E-state index in [1.54, 1.807) is 42.5 Å². The zero-order valence-electron chi connectivity index (χ0n) is 24.1. The monoisotopic (exact) mass is 556 g/mol. The summed E-state index contributed by atoms with van der Waals surface area (Å²) in [5.74, 6) is 2.06. The number of esters is 1. The second-order valence-electron chi connectivity index (χ2n) is 10.4. The van der Waals surface area contributed by atoms with Crippen LogP contribution in [0.25, 0.3) is 0 Å². The molecular formula is C33H36N2O6. The Morgan fingerprint density at radius 1 is 0.976 bits per heavy atom. The van der Waals surface area contributed by atoms with Gasteiger partial charge in [-0.15, -0.1) is 0 Å². The summed E-state index contributed by atoms with van der Waals surface area (Å²) in [4.78, 5) is 12.8. The Morgan fingerprint density at radius 2 is 1.71 bits per heavy atom. The van der Waals surface area contributed by atoms with Crippen molar-refractivity contribution in [1.82, 2.24) is 0 Å². The summed E-state index contributed by atoms with van der Waals surface area (Å²) >= 11 is 0. The quantitative estimate of drug-likeness (QED) is 0.204. The second-order valence-corrected chi connectivity index (χ2v) is 10.4. The van der Waals surface area contributed by atoms with Gasteiger partial charge in [-0.2, -0.15) is 5.26 Å². The minimum absolute atomic E-state index is 0.00978. The maximum absolute atomic E-state index is 12.8. The smallest absolute Gasteiger partial charge is 0.343 e. The molecule has 0 fully saturated rings. The summed E-state index contributed by atoms with van der Waals surface area (Å²) in [5, 5.41) is 9.98. The van der Waals surface area contributed by atoms with E-state index in [4.69, 9.17) is 29.4 Å². The van der Waals surface area contributed by atoms with Crippen LogP contribution >= 0.6 is 0 Å². The predicted octanol–water partition coefficient (Wildman–Crippen LogP) is 6.73. The molecule has 2 N–H and O–H groups in total. The van der Waals surface area contributed by atoms with Crippen LogP contribution in [0.15, 0.2) is 72.1 Å². The minimum Gasteiger partial charge on any atom is -0.491 e. The molecule has 214 valence electrons. The molecule has 0 saturated carbocycles. The van der Waals surface area contributed by atoms with Gasteiger partial charge in [0, 0.05) is 11.6 Å². The van der Waals surface area contributed by atoms with Gasteiger partial charge in [0.25, 0.3) is 0 Å². The summed E-state index contributed by atoms with van der Waals surface area (Å²) in [6.07, 6.45) is 0.949. The molecule has 0 aromatic heterocycles. The zero-order valence-corrected chi connectivity index (χ0v) is 24.1. The maximum atomic E-state index is 12.8. The number of rotatable bonds is 11. The predicted molar refractivity (Wildman–Crippen MR) is 155 cm³/mol. The molecule has 1 aliphatic heterocycles. The first-order valence-electron chi connectivity index (χ1n) is 13.8. The van der Waals surface area contributed by atoms with Gasteiger partial charge in [-0.25, -0.2) is 4.79 Å². The molecule has 3 aromatic carbocycles. The normalized spacial score (nSPS) is 14.2. The lowest BCUT2D eigenvalue weighted by Gasteiger charge is -2.27. The molecule has 1 aliphatic rings. The number of allylic oxidation sites excluding steroid dienone is 1. The summed E-state index contributed by atoms with van der Waals surface area (Å²) in [6.45, 7) is 11.1. The fourth-order valence-electron chi connectivity index (χ4n) is 4.45. The van der Waals surface area contributed by atoms with Crippen molar-refractivity contribution in [2.75, 3.05) is 13.2 Å². The Hall–Kier alpha value is -4.64. The van der Waals surface area contributed by atoms with Crippen LogP contribution in [-0.4, -0.2) is 25.3 Å². The third-order valence-corrected chi connectivity index (χ3v) is 6.42. The van der Waals surface area contributed by atoms with E-state index < -0.39 is 11.9 Å². The van der Waals surface area contributed by atoms with E-state index in [1.165, 1.54) is 0 Å². The zero-order chi connectivity index (χ0) is 29.5. The number of nitrogens with two attached hydrogens (primary N) is 1. The Morgan fingerprint density at radius 3 is 2.37 bits per heavy atom. The molecule has 0 saturated heterocycles. The molecule has 8 heteroatoms. The average molecular weight is 557 g/mol. The summed E-state index contributed by atoms with van der Waals surface area (Å²) in [5.41, 5.74) is 8.36. The number of benzene rings is 3. The largest absolute Gasteiger partial charge is 0.491 e. The van der Waals surface area contributed by atoms with Gasteiger partial charge in [0.05, 0.1) is 30.8 Å². The van der Waals surface area contributed by atoms with Gasteiger partial charge in [-0.3, -0.25) is 0 Å². The summed E-state index contributed by atoms with van der Waals surface area (Å²) in [7, 11) is 0. The van der Waals surface area contributed by atoms with Crippen molar-refractivity contribution < 1.29 is 28.5 Å². The van der Waals surface area contributed by atoms with Crippen LogP contribution in [-0.2, 0) is 0 Å². The van der Waals surface area contributed by atoms with Gasteiger partial charge < -0.3 is 29.4 Å². The third-order valence-electron chi connectivity index (χ3n) is 6.42. The number of ether oxygens (including phenoxy) is 5. The molecule has 41 heavy (non-hydrogen) atoms. The van der Waals surface area contributed by atoms with Crippen molar-refractivity contribution in [3.8, 4) is 34.8 Å². The second kappa shape index (κ2) is 13.1. The van der Waals surface area contributed by atoms with Crippen LogP contribution in [0, 0.1) is 17.2 Å². The topological polar surface area (TPSA) is 113 Å². The van der Waals surface area contributed by atoms with Crippen molar-refractivity contribution in [3.63, 3.8) is 0 Å². The van der Waals surface area contributed by atoms with Crippen molar-refractivity contribution in [1.29, 1.82) is 5.26 Å². The van der Waals surface area contributed by atoms with E-state index >= 15 is 0 Å². The maximum Gasteiger partial charge on any atom is 0.343 e. The Kier molecular flexibility index (Phi) is 9.41. The third kappa shape index (κ3) is 7.12. The van der Waals surface area contributed by atoms with E-state index in [9.17, 15) is 10.1 Å². The molecule has 0 amide bonds. The molecule has 1 heterocycles. The van der Waals surface area contributed by atoms with Crippen molar-refractivity contribution in [3.05, 3.63) is 88.8 Å². The standard InChI is InChI=1S/C33H36N2O6/c1-6-37-30-17-23(9-14-28(30)38-16-15-20(2)3)31-26-13-12-25(18-29(26)41-32(35)27(31)19-34)40-33(36)22-7-10-24(11-8-22)39-21(4)5/h7-14,17-18,20-21,31H,6,15-16,35H2,1-5H3. The van der Waals surface area contributed by atoms with Crippen LogP contribution in [0.4, 0.5) is 0 Å². The lowest BCUT2D eigenvalue weighted by Crippen LogP contribution is -2.21. The van der Waals surface area contributed by atoms with E-state index in [1.807, 2.05) is 39.0 Å². The lowest BCUT2D eigenvalue weighted by molar-refractivity contribution is 0.0734. The SMILES string of the molecule is CCOc1cc(C2C(C#N)=C(N)Oc3cc(OC(=O)c4ccc(OC(C)C)cc4)ccc32)ccc1OCCC(C)C.